The second kappa shape index (κ2) is 3.43. The first kappa shape index (κ1) is 7.43. The second-order valence-corrected chi connectivity index (χ2v) is 1.52. The van der Waals surface area contributed by atoms with E-state index in [1.165, 1.54) is 11.8 Å². The Labute approximate surface area is 48.9 Å². The smallest absolute Gasteiger partial charge is 0.221 e. The third kappa shape index (κ3) is 1.93. The molecule has 0 aliphatic heterocycles. The third-order valence-corrected chi connectivity index (χ3v) is 0.998. The van der Waals surface area contributed by atoms with Crippen LogP contribution in [0.1, 0.15) is 13.8 Å². The number of rotatable bonds is 2. The molecular formula is C5H11NO2. The lowest BCUT2D eigenvalue weighted by molar-refractivity contribution is -0.132. The maximum atomic E-state index is 10.4. The number of aliphatic hydroxyl groups is 1. The highest BCUT2D eigenvalue weighted by molar-refractivity contribution is 5.72. The van der Waals surface area contributed by atoms with E-state index in [2.05, 4.69) is 0 Å². The van der Waals surface area contributed by atoms with Gasteiger partial charge in [0.15, 0.2) is 0 Å². The van der Waals surface area contributed by atoms with E-state index in [1.54, 1.807) is 0 Å². The summed E-state index contributed by atoms with van der Waals surface area (Å²) in [6.07, 6.45) is 0. The van der Waals surface area contributed by atoms with Gasteiger partial charge in [-0.1, -0.05) is 0 Å². The molecule has 0 fully saturated rings. The van der Waals surface area contributed by atoms with Crippen molar-refractivity contribution in [3.63, 3.8) is 0 Å². The highest BCUT2D eigenvalue weighted by Gasteiger charge is 2.00. The molecule has 8 heavy (non-hydrogen) atoms. The summed E-state index contributed by atoms with van der Waals surface area (Å²) in [5.41, 5.74) is 0. The highest BCUT2D eigenvalue weighted by Crippen LogP contribution is 1.83. The summed E-state index contributed by atoms with van der Waals surface area (Å²) in [4.78, 5) is 11.7. The molecule has 0 heterocycles. The van der Waals surface area contributed by atoms with Crippen molar-refractivity contribution in [3.8, 4) is 0 Å². The topological polar surface area (TPSA) is 40.5 Å². The van der Waals surface area contributed by atoms with E-state index in [0.29, 0.717) is 6.54 Å². The number of aliphatic hydroxyl groups excluding tert-OH is 1. The van der Waals surface area contributed by atoms with E-state index >= 15 is 0 Å². The lowest BCUT2D eigenvalue weighted by Gasteiger charge is -2.13. The molecule has 1 N–H and O–H groups in total. The van der Waals surface area contributed by atoms with Crippen molar-refractivity contribution in [2.75, 3.05) is 13.3 Å². The molecule has 0 spiro atoms. The molecular weight excluding hydrogens is 106 g/mol. The minimum Gasteiger partial charge on any atom is -0.376 e. The van der Waals surface area contributed by atoms with Crippen LogP contribution in [-0.4, -0.2) is 29.2 Å². The molecule has 3 nitrogen and oxygen atoms in total. The van der Waals surface area contributed by atoms with Gasteiger partial charge >= 0.3 is 0 Å². The predicted octanol–water partition coefficient (Wildman–Crippen LogP) is -0.195. The van der Waals surface area contributed by atoms with Gasteiger partial charge in [0.05, 0.1) is 0 Å². The Bertz CT molecular complexity index is 78.5. The standard InChI is InChI=1S/C5H11NO2/c1-3-6(4-7)5(2)8/h7H,3-4H2,1-2H3. The predicted molar refractivity (Wildman–Crippen MR) is 30.1 cm³/mol. The van der Waals surface area contributed by atoms with Gasteiger partial charge in [-0.05, 0) is 6.92 Å². The highest BCUT2D eigenvalue weighted by atomic mass is 16.3. The Morgan fingerprint density at radius 3 is 2.25 bits per heavy atom. The molecule has 0 rings (SSSR count). The van der Waals surface area contributed by atoms with Crippen molar-refractivity contribution in [2.45, 2.75) is 13.8 Å². The quantitative estimate of drug-likeness (QED) is 0.509. The number of hydrogen-bond donors (Lipinski definition) is 1. The van der Waals surface area contributed by atoms with Crippen molar-refractivity contribution >= 4 is 5.91 Å². The Balaban J connectivity index is 3.52. The zero-order valence-corrected chi connectivity index (χ0v) is 5.22. The van der Waals surface area contributed by atoms with Crippen LogP contribution in [0, 0.1) is 0 Å². The lowest BCUT2D eigenvalue weighted by atomic mass is 10.5. The fourth-order valence-electron chi connectivity index (χ4n) is 0.422. The summed E-state index contributed by atoms with van der Waals surface area (Å²) >= 11 is 0. The fourth-order valence-corrected chi connectivity index (χ4v) is 0.422. The number of carbonyl (C=O) groups is 1. The average Bonchev–Trinajstić information content (AvgIpc) is 1.69. The lowest BCUT2D eigenvalue weighted by Crippen LogP contribution is -2.28. The van der Waals surface area contributed by atoms with Gasteiger partial charge in [0, 0.05) is 13.5 Å². The summed E-state index contributed by atoms with van der Waals surface area (Å²) in [7, 11) is 0. The van der Waals surface area contributed by atoms with Crippen LogP contribution < -0.4 is 0 Å². The molecule has 0 aromatic heterocycles. The van der Waals surface area contributed by atoms with E-state index in [1.807, 2.05) is 6.92 Å². The third-order valence-electron chi connectivity index (χ3n) is 0.998. The zero-order chi connectivity index (χ0) is 6.57. The van der Waals surface area contributed by atoms with Crippen LogP contribution in [0.3, 0.4) is 0 Å². The molecule has 0 unspecified atom stereocenters. The molecule has 3 heteroatoms. The molecule has 0 aromatic rings. The summed E-state index contributed by atoms with van der Waals surface area (Å²) in [6.45, 7) is 3.65. The Morgan fingerprint density at radius 2 is 2.25 bits per heavy atom. The van der Waals surface area contributed by atoms with Crippen molar-refractivity contribution in [1.82, 2.24) is 4.90 Å². The molecule has 0 aliphatic carbocycles. The van der Waals surface area contributed by atoms with Crippen LogP contribution in [0.2, 0.25) is 0 Å². The maximum Gasteiger partial charge on any atom is 0.221 e. The van der Waals surface area contributed by atoms with Gasteiger partial charge in [-0.2, -0.15) is 0 Å². The van der Waals surface area contributed by atoms with E-state index in [0.717, 1.165) is 0 Å². The van der Waals surface area contributed by atoms with Gasteiger partial charge in [-0.15, -0.1) is 0 Å². The van der Waals surface area contributed by atoms with E-state index in [-0.39, 0.29) is 12.6 Å². The van der Waals surface area contributed by atoms with Crippen molar-refractivity contribution in [2.24, 2.45) is 0 Å². The number of hydrogen-bond acceptors (Lipinski definition) is 2. The number of amides is 1. The Kier molecular flexibility index (Phi) is 3.19. The molecule has 0 saturated carbocycles. The molecule has 0 aliphatic rings. The zero-order valence-electron chi connectivity index (χ0n) is 5.22. The van der Waals surface area contributed by atoms with Gasteiger partial charge in [-0.3, -0.25) is 4.79 Å². The monoisotopic (exact) mass is 117 g/mol. The summed E-state index contributed by atoms with van der Waals surface area (Å²) in [5.74, 6) is -0.0880. The molecule has 0 bridgehead atoms. The normalized spacial score (nSPS) is 8.88. The van der Waals surface area contributed by atoms with E-state index < -0.39 is 0 Å². The number of carbonyl (C=O) groups excluding carboxylic acids is 1. The maximum absolute atomic E-state index is 10.4. The van der Waals surface area contributed by atoms with Gasteiger partial charge < -0.3 is 10.0 Å². The molecule has 0 saturated heterocycles. The van der Waals surface area contributed by atoms with Gasteiger partial charge in [0.2, 0.25) is 5.91 Å². The van der Waals surface area contributed by atoms with Crippen LogP contribution >= 0.6 is 0 Å². The second-order valence-electron chi connectivity index (χ2n) is 1.52. The van der Waals surface area contributed by atoms with Crippen molar-refractivity contribution < 1.29 is 9.90 Å². The summed E-state index contributed by atoms with van der Waals surface area (Å²) in [5, 5.41) is 8.40. The largest absolute Gasteiger partial charge is 0.376 e. The van der Waals surface area contributed by atoms with Crippen LogP contribution in [0.25, 0.3) is 0 Å². The van der Waals surface area contributed by atoms with Crippen LogP contribution in [0.5, 0.6) is 0 Å². The van der Waals surface area contributed by atoms with Crippen molar-refractivity contribution in [1.29, 1.82) is 0 Å². The molecule has 0 radical (unpaired) electrons. The molecule has 48 valence electrons. The van der Waals surface area contributed by atoms with Crippen LogP contribution in [-0.2, 0) is 4.79 Å². The van der Waals surface area contributed by atoms with E-state index in [4.69, 9.17) is 5.11 Å². The van der Waals surface area contributed by atoms with E-state index in [9.17, 15) is 4.79 Å². The molecule has 0 atom stereocenters. The first-order valence-electron chi connectivity index (χ1n) is 2.58. The van der Waals surface area contributed by atoms with Gasteiger partial charge in [-0.25, -0.2) is 0 Å². The first-order chi connectivity index (χ1) is 3.72. The average molecular weight is 117 g/mol. The van der Waals surface area contributed by atoms with Gasteiger partial charge in [0.1, 0.15) is 6.73 Å². The number of nitrogens with zero attached hydrogens (tertiary/aromatic N) is 1. The summed E-state index contributed by atoms with van der Waals surface area (Å²) < 4.78 is 0. The SMILES string of the molecule is CCN(CO)C(C)=O. The minimum atomic E-state index is -0.175. The van der Waals surface area contributed by atoms with Crippen molar-refractivity contribution in [3.05, 3.63) is 0 Å². The minimum absolute atomic E-state index is 0.0880. The first-order valence-corrected chi connectivity index (χ1v) is 2.58. The van der Waals surface area contributed by atoms with Crippen LogP contribution in [0.4, 0.5) is 0 Å². The van der Waals surface area contributed by atoms with Gasteiger partial charge in [0.25, 0.3) is 0 Å². The Morgan fingerprint density at radius 1 is 1.75 bits per heavy atom. The fraction of sp³-hybridized carbons (Fsp3) is 0.800. The Hall–Kier alpha value is -0.570. The molecule has 1 amide bonds. The van der Waals surface area contributed by atoms with Crippen LogP contribution in [0.15, 0.2) is 0 Å². The summed E-state index contributed by atoms with van der Waals surface area (Å²) in [6, 6.07) is 0. The molecule has 0 aromatic carbocycles.